The number of rotatable bonds is 9. The van der Waals surface area contributed by atoms with Crippen LogP contribution in [0.2, 0.25) is 0 Å². The number of nitrogens with one attached hydrogen (secondary N) is 2. The van der Waals surface area contributed by atoms with Gasteiger partial charge in [-0.2, -0.15) is 0 Å². The molecule has 8 heteroatoms. The van der Waals surface area contributed by atoms with Crippen molar-refractivity contribution in [3.05, 3.63) is 60.7 Å². The Kier molecular flexibility index (Phi) is 8.02. The Balaban J connectivity index is 2.19. The van der Waals surface area contributed by atoms with Gasteiger partial charge in [0.05, 0.1) is 24.4 Å². The summed E-state index contributed by atoms with van der Waals surface area (Å²) in [5.74, 6) is -1.19. The number of anilines is 2. The summed E-state index contributed by atoms with van der Waals surface area (Å²) in [5, 5.41) is 3.98. The van der Waals surface area contributed by atoms with E-state index in [4.69, 9.17) is 10.5 Å². The number of alkyl carbamates (subject to hydrolysis) is 1. The third-order valence-corrected chi connectivity index (χ3v) is 3.81. The van der Waals surface area contributed by atoms with Crippen molar-refractivity contribution in [2.24, 2.45) is 11.7 Å². The molecule has 0 aromatic heterocycles. The molecule has 0 aliphatic heterocycles. The van der Waals surface area contributed by atoms with E-state index in [2.05, 4.69) is 10.7 Å². The maximum Gasteiger partial charge on any atom is 0.407 e. The number of nitrogens with two attached hydrogens (primary N) is 1. The van der Waals surface area contributed by atoms with Crippen LogP contribution < -0.4 is 21.5 Å². The normalized spacial score (nSPS) is 11.4. The second-order valence-electron chi connectivity index (χ2n) is 6.84. The first kappa shape index (κ1) is 21.7. The summed E-state index contributed by atoms with van der Waals surface area (Å²) in [5.41, 5.74) is 9.40. The lowest BCUT2D eigenvalue weighted by atomic mass is 10.2. The Morgan fingerprint density at radius 2 is 1.48 bits per heavy atom. The minimum Gasteiger partial charge on any atom is -0.449 e. The maximum absolute atomic E-state index is 12.9. The van der Waals surface area contributed by atoms with Crippen LogP contribution in [0, 0.1) is 5.92 Å². The van der Waals surface area contributed by atoms with Crippen molar-refractivity contribution in [2.45, 2.75) is 26.3 Å². The second kappa shape index (κ2) is 10.7. The molecule has 0 aliphatic carbocycles. The lowest BCUT2D eigenvalue weighted by Crippen LogP contribution is -2.52. The van der Waals surface area contributed by atoms with Crippen molar-refractivity contribution in [1.82, 2.24) is 10.7 Å². The zero-order chi connectivity index (χ0) is 21.2. The quantitative estimate of drug-likeness (QED) is 0.562. The van der Waals surface area contributed by atoms with E-state index in [1.165, 1.54) is 0 Å². The molecule has 154 valence electrons. The van der Waals surface area contributed by atoms with E-state index >= 15 is 0 Å². The molecule has 8 nitrogen and oxygen atoms in total. The number of primary amides is 1. The predicted molar refractivity (Wildman–Crippen MR) is 110 cm³/mol. The number of para-hydroxylation sites is 2. The Labute approximate surface area is 170 Å². The number of carbonyl (C=O) groups is 3. The molecule has 3 amide bonds. The highest BCUT2D eigenvalue weighted by Crippen LogP contribution is 2.22. The maximum atomic E-state index is 12.9. The van der Waals surface area contributed by atoms with Crippen LogP contribution in [0.1, 0.15) is 20.3 Å². The van der Waals surface area contributed by atoms with E-state index in [0.29, 0.717) is 11.4 Å². The number of hydrazine groups is 1. The fourth-order valence-electron chi connectivity index (χ4n) is 2.46. The fourth-order valence-corrected chi connectivity index (χ4v) is 2.46. The molecule has 1 atom stereocenters. The minimum absolute atomic E-state index is 0.135. The third kappa shape index (κ3) is 7.17. The van der Waals surface area contributed by atoms with Crippen molar-refractivity contribution >= 4 is 29.3 Å². The molecular weight excluding hydrogens is 372 g/mol. The van der Waals surface area contributed by atoms with Crippen molar-refractivity contribution in [1.29, 1.82) is 0 Å². The lowest BCUT2D eigenvalue weighted by molar-refractivity contribution is -0.127. The smallest absolute Gasteiger partial charge is 0.407 e. The minimum atomic E-state index is -1.18. The number of hydrogen-bond donors (Lipinski definition) is 3. The van der Waals surface area contributed by atoms with E-state index in [-0.39, 0.29) is 18.9 Å². The molecule has 2 rings (SSSR count). The van der Waals surface area contributed by atoms with Gasteiger partial charge in [0.1, 0.15) is 6.04 Å². The molecule has 0 fully saturated rings. The zero-order valence-corrected chi connectivity index (χ0v) is 16.5. The van der Waals surface area contributed by atoms with Crippen LogP contribution in [0.25, 0.3) is 0 Å². The number of benzene rings is 2. The molecule has 0 aliphatic rings. The SMILES string of the molecule is CC(C)COC(=O)N[C@H](CC(N)=O)C(=O)NN(c1ccccc1)c1ccccc1. The molecule has 29 heavy (non-hydrogen) atoms. The van der Waals surface area contributed by atoms with Crippen molar-refractivity contribution in [3.63, 3.8) is 0 Å². The summed E-state index contributed by atoms with van der Waals surface area (Å²) < 4.78 is 5.04. The standard InChI is InChI=1S/C21H26N4O4/c1-15(2)14-29-21(28)23-18(13-19(22)26)20(27)24-25(16-9-5-3-6-10-16)17-11-7-4-8-12-17/h3-12,15,18H,13-14H2,1-2H3,(H2,22,26)(H,23,28)(H,24,27)/t18-/m1/s1. The van der Waals surface area contributed by atoms with Gasteiger partial charge in [-0.25, -0.2) is 4.79 Å². The Morgan fingerprint density at radius 1 is 0.966 bits per heavy atom. The summed E-state index contributed by atoms with van der Waals surface area (Å²) in [7, 11) is 0. The van der Waals surface area contributed by atoms with Gasteiger partial charge >= 0.3 is 6.09 Å². The van der Waals surface area contributed by atoms with E-state index in [1.54, 1.807) is 5.01 Å². The van der Waals surface area contributed by atoms with E-state index in [9.17, 15) is 14.4 Å². The Hall–Kier alpha value is -3.55. The van der Waals surface area contributed by atoms with Gasteiger partial charge in [0, 0.05) is 0 Å². The number of nitrogens with zero attached hydrogens (tertiary/aromatic N) is 1. The average molecular weight is 398 g/mol. The summed E-state index contributed by atoms with van der Waals surface area (Å²) in [6.45, 7) is 3.97. The molecule has 0 saturated carbocycles. The molecule has 0 unspecified atom stereocenters. The zero-order valence-electron chi connectivity index (χ0n) is 16.5. The summed E-state index contributed by atoms with van der Waals surface area (Å²) in [6, 6.07) is 17.2. The van der Waals surface area contributed by atoms with Crippen LogP contribution in [-0.4, -0.2) is 30.6 Å². The van der Waals surface area contributed by atoms with Gasteiger partial charge in [-0.3, -0.25) is 20.0 Å². The lowest BCUT2D eigenvalue weighted by Gasteiger charge is -2.27. The first-order valence-electron chi connectivity index (χ1n) is 9.29. The van der Waals surface area contributed by atoms with Crippen LogP contribution in [0.15, 0.2) is 60.7 Å². The van der Waals surface area contributed by atoms with Crippen LogP contribution in [0.3, 0.4) is 0 Å². The highest BCUT2D eigenvalue weighted by molar-refractivity contribution is 5.92. The van der Waals surface area contributed by atoms with Crippen LogP contribution in [-0.2, 0) is 14.3 Å². The van der Waals surface area contributed by atoms with Gasteiger partial charge in [-0.05, 0) is 30.2 Å². The van der Waals surface area contributed by atoms with Gasteiger partial charge in [0.25, 0.3) is 5.91 Å². The molecule has 0 saturated heterocycles. The first-order chi connectivity index (χ1) is 13.9. The van der Waals surface area contributed by atoms with Crippen molar-refractivity contribution in [3.8, 4) is 0 Å². The van der Waals surface area contributed by atoms with Crippen molar-refractivity contribution in [2.75, 3.05) is 11.6 Å². The topological polar surface area (TPSA) is 114 Å². The van der Waals surface area contributed by atoms with Gasteiger partial charge in [0.15, 0.2) is 0 Å². The molecule has 0 bridgehead atoms. The Morgan fingerprint density at radius 3 is 1.93 bits per heavy atom. The molecule has 4 N–H and O–H groups in total. The third-order valence-electron chi connectivity index (χ3n) is 3.81. The van der Waals surface area contributed by atoms with Crippen LogP contribution >= 0.6 is 0 Å². The van der Waals surface area contributed by atoms with Gasteiger partial charge in [-0.15, -0.1) is 0 Å². The van der Waals surface area contributed by atoms with Crippen LogP contribution in [0.4, 0.5) is 16.2 Å². The number of carbonyl (C=O) groups excluding carboxylic acids is 3. The molecule has 2 aromatic carbocycles. The highest BCUT2D eigenvalue weighted by Gasteiger charge is 2.26. The van der Waals surface area contributed by atoms with Crippen molar-refractivity contribution < 1.29 is 19.1 Å². The molecule has 0 radical (unpaired) electrons. The second-order valence-corrected chi connectivity index (χ2v) is 6.84. The largest absolute Gasteiger partial charge is 0.449 e. The van der Waals surface area contributed by atoms with Gasteiger partial charge < -0.3 is 15.8 Å². The molecule has 2 aromatic rings. The van der Waals surface area contributed by atoms with E-state index < -0.39 is 23.9 Å². The monoisotopic (exact) mass is 398 g/mol. The van der Waals surface area contributed by atoms with Crippen LogP contribution in [0.5, 0.6) is 0 Å². The first-order valence-corrected chi connectivity index (χ1v) is 9.29. The summed E-state index contributed by atoms with van der Waals surface area (Å²) in [6.07, 6.45) is -1.15. The molecular formula is C21H26N4O4. The summed E-state index contributed by atoms with van der Waals surface area (Å²) in [4.78, 5) is 36.3. The highest BCUT2D eigenvalue weighted by atomic mass is 16.5. The van der Waals surface area contributed by atoms with Gasteiger partial charge in [0.2, 0.25) is 5.91 Å². The molecule has 0 heterocycles. The Bertz CT molecular complexity index is 772. The number of hydrogen-bond acceptors (Lipinski definition) is 5. The number of amides is 3. The van der Waals surface area contributed by atoms with E-state index in [1.807, 2.05) is 74.5 Å². The summed E-state index contributed by atoms with van der Waals surface area (Å²) >= 11 is 0. The van der Waals surface area contributed by atoms with E-state index in [0.717, 1.165) is 0 Å². The van der Waals surface area contributed by atoms with Gasteiger partial charge in [-0.1, -0.05) is 50.2 Å². The average Bonchev–Trinajstić information content (AvgIpc) is 2.70. The predicted octanol–water partition coefficient (Wildman–Crippen LogP) is 2.48. The molecule has 0 spiro atoms. The number of ether oxygens (including phenoxy) is 1. The fraction of sp³-hybridized carbons (Fsp3) is 0.286.